The average molecular weight is 367 g/mol. The molecule has 2 N–H and O–H groups in total. The summed E-state index contributed by atoms with van der Waals surface area (Å²) >= 11 is 1.52. The maximum absolute atomic E-state index is 12.3. The van der Waals surface area contributed by atoms with Gasteiger partial charge in [-0.1, -0.05) is 18.2 Å². The third-order valence-corrected chi connectivity index (χ3v) is 5.56. The molecule has 1 aliphatic rings. The predicted molar refractivity (Wildman–Crippen MR) is 106 cm³/mol. The minimum atomic E-state index is -0.0338. The van der Waals surface area contributed by atoms with E-state index in [4.69, 9.17) is 0 Å². The van der Waals surface area contributed by atoms with Crippen LogP contribution in [0.15, 0.2) is 42.7 Å². The molecule has 0 radical (unpaired) electrons. The zero-order valence-electron chi connectivity index (χ0n) is 14.4. The second-order valence-electron chi connectivity index (χ2n) is 6.29. The van der Waals surface area contributed by atoms with Gasteiger partial charge < -0.3 is 15.5 Å². The van der Waals surface area contributed by atoms with Gasteiger partial charge in [0, 0.05) is 36.9 Å². The lowest BCUT2D eigenvalue weighted by Gasteiger charge is -2.16. The third-order valence-electron chi connectivity index (χ3n) is 4.45. The number of benzene rings is 1. The van der Waals surface area contributed by atoms with Gasteiger partial charge in [-0.2, -0.15) is 0 Å². The Balaban J connectivity index is 1.28. The topological polar surface area (TPSA) is 70.2 Å². The summed E-state index contributed by atoms with van der Waals surface area (Å²) in [6, 6.07) is 11.9. The summed E-state index contributed by atoms with van der Waals surface area (Å²) in [6.07, 6.45) is 4.03. The number of amides is 1. The Labute approximate surface area is 156 Å². The normalized spacial score (nSPS) is 13.9. The van der Waals surface area contributed by atoms with Crippen molar-refractivity contribution in [2.24, 2.45) is 0 Å². The van der Waals surface area contributed by atoms with Gasteiger partial charge >= 0.3 is 0 Å². The molecule has 3 heterocycles. The summed E-state index contributed by atoms with van der Waals surface area (Å²) in [5, 5.41) is 7.32. The van der Waals surface area contributed by atoms with E-state index in [1.165, 1.54) is 24.2 Å². The van der Waals surface area contributed by atoms with Crippen molar-refractivity contribution in [3.05, 3.63) is 47.6 Å². The van der Waals surface area contributed by atoms with Crippen LogP contribution >= 0.6 is 11.3 Å². The molecule has 0 atom stereocenters. The van der Waals surface area contributed by atoms with Crippen LogP contribution < -0.4 is 15.5 Å². The van der Waals surface area contributed by atoms with E-state index in [0.29, 0.717) is 13.1 Å². The number of nitrogens with one attached hydrogen (secondary N) is 2. The zero-order chi connectivity index (χ0) is 17.8. The van der Waals surface area contributed by atoms with Crippen LogP contribution in [0.4, 0.5) is 11.6 Å². The molecule has 1 aliphatic heterocycles. The van der Waals surface area contributed by atoms with Crippen LogP contribution in [0.1, 0.15) is 22.5 Å². The lowest BCUT2D eigenvalue weighted by Crippen LogP contribution is -2.28. The Kier molecular flexibility index (Phi) is 4.97. The molecule has 26 heavy (non-hydrogen) atoms. The van der Waals surface area contributed by atoms with Gasteiger partial charge in [-0.3, -0.25) is 4.79 Å². The first-order valence-electron chi connectivity index (χ1n) is 8.87. The number of hydrogen-bond donors (Lipinski definition) is 2. The number of hydrogen-bond acceptors (Lipinski definition) is 6. The van der Waals surface area contributed by atoms with Gasteiger partial charge in [-0.05, 0) is 30.4 Å². The van der Waals surface area contributed by atoms with Crippen LogP contribution in [-0.2, 0) is 0 Å². The molecule has 6 nitrogen and oxygen atoms in total. The fourth-order valence-electron chi connectivity index (χ4n) is 3.11. The number of fused-ring (bicyclic) bond motifs is 1. The van der Waals surface area contributed by atoms with Crippen LogP contribution in [0.25, 0.3) is 10.1 Å². The highest BCUT2D eigenvalue weighted by atomic mass is 32.1. The summed E-state index contributed by atoms with van der Waals surface area (Å²) in [7, 11) is 0. The highest BCUT2D eigenvalue weighted by molar-refractivity contribution is 7.20. The molecule has 0 aliphatic carbocycles. The summed E-state index contributed by atoms with van der Waals surface area (Å²) in [5.41, 5.74) is 0. The average Bonchev–Trinajstić information content (AvgIpc) is 3.35. The Morgan fingerprint density at radius 3 is 2.81 bits per heavy atom. The summed E-state index contributed by atoms with van der Waals surface area (Å²) < 4.78 is 1.13. The van der Waals surface area contributed by atoms with Crippen LogP contribution in [0, 0.1) is 0 Å². The van der Waals surface area contributed by atoms with Gasteiger partial charge in [-0.25, -0.2) is 9.97 Å². The van der Waals surface area contributed by atoms with Crippen molar-refractivity contribution in [3.63, 3.8) is 0 Å². The Bertz CT molecular complexity index is 871. The van der Waals surface area contributed by atoms with Gasteiger partial charge in [0.05, 0.1) is 4.88 Å². The molecule has 0 spiro atoms. The van der Waals surface area contributed by atoms with E-state index in [1.807, 2.05) is 36.4 Å². The van der Waals surface area contributed by atoms with E-state index in [9.17, 15) is 4.79 Å². The molecule has 0 saturated carbocycles. The van der Waals surface area contributed by atoms with Gasteiger partial charge in [-0.15, -0.1) is 11.3 Å². The first-order chi connectivity index (χ1) is 12.8. The number of thiophene rings is 1. The lowest BCUT2D eigenvalue weighted by atomic mass is 10.2. The van der Waals surface area contributed by atoms with Gasteiger partial charge in [0.25, 0.3) is 5.91 Å². The van der Waals surface area contributed by atoms with E-state index >= 15 is 0 Å². The fraction of sp³-hybridized carbons (Fsp3) is 0.316. The SMILES string of the molecule is O=C(NCCNc1cc(N2CCCC2)ncn1)c1cc2ccccc2s1. The van der Waals surface area contributed by atoms with Crippen molar-refractivity contribution < 1.29 is 4.79 Å². The smallest absolute Gasteiger partial charge is 0.261 e. The second kappa shape index (κ2) is 7.70. The monoisotopic (exact) mass is 367 g/mol. The highest BCUT2D eigenvalue weighted by Gasteiger charge is 2.14. The molecule has 3 aromatic rings. The third kappa shape index (κ3) is 3.77. The van der Waals surface area contributed by atoms with Gasteiger partial charge in [0.1, 0.15) is 18.0 Å². The van der Waals surface area contributed by atoms with E-state index in [-0.39, 0.29) is 5.91 Å². The van der Waals surface area contributed by atoms with Crippen molar-refractivity contribution in [3.8, 4) is 0 Å². The Hall–Kier alpha value is -2.67. The standard InChI is InChI=1S/C19H21N5OS/c25-19(16-11-14-5-1-2-6-15(14)26-16)21-8-7-20-17-12-18(23-13-22-17)24-9-3-4-10-24/h1-2,5-6,11-13H,3-4,7-10H2,(H,21,25)(H,20,22,23). The molecule has 134 valence electrons. The minimum Gasteiger partial charge on any atom is -0.368 e. The Morgan fingerprint density at radius 1 is 1.12 bits per heavy atom. The summed E-state index contributed by atoms with van der Waals surface area (Å²) in [4.78, 5) is 23.9. The first kappa shape index (κ1) is 16.8. The summed E-state index contributed by atoms with van der Waals surface area (Å²) in [5.74, 6) is 1.72. The molecule has 0 unspecified atom stereocenters. The molecule has 0 bridgehead atoms. The molecule has 7 heteroatoms. The van der Waals surface area contributed by atoms with Gasteiger partial charge in [0.15, 0.2) is 0 Å². The molecule has 1 fully saturated rings. The van der Waals surface area contributed by atoms with Crippen LogP contribution in [0.5, 0.6) is 0 Å². The summed E-state index contributed by atoms with van der Waals surface area (Å²) in [6.45, 7) is 3.27. The van der Waals surface area contributed by atoms with Crippen LogP contribution in [0.3, 0.4) is 0 Å². The maximum atomic E-state index is 12.3. The zero-order valence-corrected chi connectivity index (χ0v) is 15.3. The van der Waals surface area contributed by atoms with E-state index in [2.05, 4.69) is 25.5 Å². The lowest BCUT2D eigenvalue weighted by molar-refractivity contribution is 0.0959. The number of nitrogens with zero attached hydrogens (tertiary/aromatic N) is 3. The maximum Gasteiger partial charge on any atom is 0.261 e. The molecule has 1 saturated heterocycles. The minimum absolute atomic E-state index is 0.0338. The van der Waals surface area contributed by atoms with E-state index in [0.717, 1.165) is 39.7 Å². The fourth-order valence-corrected chi connectivity index (χ4v) is 4.09. The Morgan fingerprint density at radius 2 is 1.96 bits per heavy atom. The number of rotatable bonds is 6. The molecule has 2 aromatic heterocycles. The van der Waals surface area contributed by atoms with Crippen molar-refractivity contribution >= 4 is 39.0 Å². The number of anilines is 2. The number of aromatic nitrogens is 2. The molecule has 1 aromatic carbocycles. The van der Waals surface area contributed by atoms with Crippen LogP contribution in [0.2, 0.25) is 0 Å². The molecule has 4 rings (SSSR count). The van der Waals surface area contributed by atoms with Gasteiger partial charge in [0.2, 0.25) is 0 Å². The number of carbonyl (C=O) groups is 1. The highest BCUT2D eigenvalue weighted by Crippen LogP contribution is 2.25. The second-order valence-corrected chi connectivity index (χ2v) is 7.37. The molecular formula is C19H21N5OS. The largest absolute Gasteiger partial charge is 0.368 e. The van der Waals surface area contributed by atoms with Crippen molar-refractivity contribution in [2.75, 3.05) is 36.4 Å². The number of carbonyl (C=O) groups excluding carboxylic acids is 1. The molecule has 1 amide bonds. The van der Waals surface area contributed by atoms with Crippen molar-refractivity contribution in [1.82, 2.24) is 15.3 Å². The van der Waals surface area contributed by atoms with Crippen LogP contribution in [-0.4, -0.2) is 42.1 Å². The first-order valence-corrected chi connectivity index (χ1v) is 9.69. The quantitative estimate of drug-likeness (QED) is 0.655. The van der Waals surface area contributed by atoms with Crippen molar-refractivity contribution in [1.29, 1.82) is 0 Å². The van der Waals surface area contributed by atoms with E-state index < -0.39 is 0 Å². The molecular weight excluding hydrogens is 346 g/mol. The predicted octanol–water partition coefficient (Wildman–Crippen LogP) is 3.13. The van der Waals surface area contributed by atoms with E-state index in [1.54, 1.807) is 6.33 Å². The van der Waals surface area contributed by atoms with Crippen molar-refractivity contribution in [2.45, 2.75) is 12.8 Å².